The highest BCUT2D eigenvalue weighted by atomic mass is 16.2. The van der Waals surface area contributed by atoms with Gasteiger partial charge in [-0.3, -0.25) is 15.6 Å². The second-order valence-corrected chi connectivity index (χ2v) is 6.84. The number of rotatable bonds is 5. The van der Waals surface area contributed by atoms with Gasteiger partial charge in [-0.05, 0) is 28.5 Å². The van der Waals surface area contributed by atoms with Crippen LogP contribution in [0.4, 0.5) is 5.82 Å². The lowest BCUT2D eigenvalue weighted by molar-refractivity contribution is -0.119. The smallest absolute Gasteiger partial charge is 0.242 e. The summed E-state index contributed by atoms with van der Waals surface area (Å²) in [7, 11) is 0. The van der Waals surface area contributed by atoms with Gasteiger partial charge in [-0.2, -0.15) is 5.10 Å². The van der Waals surface area contributed by atoms with Crippen LogP contribution < -0.4 is 10.9 Å². The summed E-state index contributed by atoms with van der Waals surface area (Å²) in [5.74, 6) is 0.335. The number of hydrogen-bond donors (Lipinski definition) is 2. The SMILES string of the molecule is O=C(Cc1cccc2ccccc12)NNc1ncnc2c1cnn2-c1ccccc1. The van der Waals surface area contributed by atoms with Gasteiger partial charge in [0.2, 0.25) is 5.91 Å². The second kappa shape index (κ2) is 7.63. The molecule has 0 unspecified atom stereocenters. The Morgan fingerprint density at radius 3 is 2.57 bits per heavy atom. The van der Waals surface area contributed by atoms with E-state index in [1.54, 1.807) is 10.9 Å². The van der Waals surface area contributed by atoms with Crippen molar-refractivity contribution in [3.05, 3.63) is 90.9 Å². The number of para-hydroxylation sites is 1. The number of hydrazine groups is 1. The number of hydrogen-bond acceptors (Lipinski definition) is 5. The first kappa shape index (κ1) is 17.8. The molecular weight excluding hydrogens is 376 g/mol. The number of carbonyl (C=O) groups excluding carboxylic acids is 1. The molecule has 0 bridgehead atoms. The molecule has 0 radical (unpaired) electrons. The minimum atomic E-state index is -0.159. The van der Waals surface area contributed by atoms with Crippen LogP contribution in [0, 0.1) is 0 Å². The fraction of sp³-hybridized carbons (Fsp3) is 0.0435. The third-order valence-electron chi connectivity index (χ3n) is 4.92. The molecule has 0 spiro atoms. The van der Waals surface area contributed by atoms with E-state index in [9.17, 15) is 4.79 Å². The molecule has 5 rings (SSSR count). The Hall–Kier alpha value is -4.26. The van der Waals surface area contributed by atoms with E-state index in [4.69, 9.17) is 0 Å². The maximum atomic E-state index is 12.6. The molecule has 0 atom stereocenters. The first-order chi connectivity index (χ1) is 14.8. The Balaban J connectivity index is 1.35. The normalized spacial score (nSPS) is 10.9. The summed E-state index contributed by atoms with van der Waals surface area (Å²) >= 11 is 0. The van der Waals surface area contributed by atoms with E-state index in [2.05, 4.69) is 25.9 Å². The molecule has 2 aromatic heterocycles. The predicted octanol–water partition coefficient (Wildman–Crippen LogP) is 3.65. The maximum Gasteiger partial charge on any atom is 0.242 e. The van der Waals surface area contributed by atoms with Crippen molar-refractivity contribution in [2.75, 3.05) is 5.43 Å². The molecule has 1 amide bonds. The van der Waals surface area contributed by atoms with E-state index in [0.717, 1.165) is 22.0 Å². The number of nitrogens with one attached hydrogen (secondary N) is 2. The van der Waals surface area contributed by atoms with Crippen LogP contribution in [-0.2, 0) is 11.2 Å². The number of anilines is 1. The molecule has 0 aliphatic rings. The molecular formula is C23H18N6O. The molecule has 0 fully saturated rings. The largest absolute Gasteiger partial charge is 0.281 e. The minimum absolute atomic E-state index is 0.159. The topological polar surface area (TPSA) is 84.7 Å². The van der Waals surface area contributed by atoms with Crippen molar-refractivity contribution >= 4 is 33.5 Å². The van der Waals surface area contributed by atoms with Crippen molar-refractivity contribution < 1.29 is 4.79 Å². The number of fused-ring (bicyclic) bond motifs is 2. The predicted molar refractivity (Wildman–Crippen MR) is 116 cm³/mol. The molecule has 7 heteroatoms. The molecule has 5 aromatic rings. The lowest BCUT2D eigenvalue weighted by Crippen LogP contribution is -2.31. The highest BCUT2D eigenvalue weighted by molar-refractivity contribution is 5.92. The standard InChI is InChI=1S/C23H18N6O/c30-21(13-17-9-6-8-16-7-4-5-12-19(16)17)27-28-22-20-14-26-29(23(20)25-15-24-22)18-10-2-1-3-11-18/h1-12,14-15H,13H2,(H,27,30)(H,24,25,28). The number of nitrogens with zero attached hydrogens (tertiary/aromatic N) is 4. The van der Waals surface area contributed by atoms with Gasteiger partial charge in [-0.15, -0.1) is 0 Å². The molecule has 2 heterocycles. The van der Waals surface area contributed by atoms with Crippen LogP contribution in [0.2, 0.25) is 0 Å². The molecule has 0 saturated heterocycles. The van der Waals surface area contributed by atoms with Gasteiger partial charge < -0.3 is 0 Å². The molecule has 7 nitrogen and oxygen atoms in total. The van der Waals surface area contributed by atoms with Crippen LogP contribution in [0.3, 0.4) is 0 Å². The Bertz CT molecular complexity index is 1340. The van der Waals surface area contributed by atoms with Crippen molar-refractivity contribution in [3.8, 4) is 5.69 Å². The fourth-order valence-electron chi connectivity index (χ4n) is 3.49. The van der Waals surface area contributed by atoms with Crippen LogP contribution >= 0.6 is 0 Å². The molecule has 30 heavy (non-hydrogen) atoms. The Morgan fingerprint density at radius 1 is 0.867 bits per heavy atom. The van der Waals surface area contributed by atoms with Crippen LogP contribution in [0.1, 0.15) is 5.56 Å². The van der Waals surface area contributed by atoms with Crippen LogP contribution in [-0.4, -0.2) is 25.7 Å². The quantitative estimate of drug-likeness (QED) is 0.445. The van der Waals surface area contributed by atoms with Crippen molar-refractivity contribution in [1.82, 2.24) is 25.2 Å². The summed E-state index contributed by atoms with van der Waals surface area (Å²) in [5, 5.41) is 7.32. The van der Waals surface area contributed by atoms with Gasteiger partial charge in [0.1, 0.15) is 6.33 Å². The maximum absolute atomic E-state index is 12.6. The Labute approximate surface area is 172 Å². The fourth-order valence-corrected chi connectivity index (χ4v) is 3.49. The Kier molecular flexibility index (Phi) is 4.53. The van der Waals surface area contributed by atoms with Crippen molar-refractivity contribution in [2.45, 2.75) is 6.42 Å². The number of carbonyl (C=O) groups is 1. The summed E-state index contributed by atoms with van der Waals surface area (Å²) in [6, 6.07) is 23.7. The second-order valence-electron chi connectivity index (χ2n) is 6.84. The molecule has 3 aromatic carbocycles. The van der Waals surface area contributed by atoms with Crippen LogP contribution in [0.25, 0.3) is 27.5 Å². The van der Waals surface area contributed by atoms with E-state index in [-0.39, 0.29) is 12.3 Å². The first-order valence-corrected chi connectivity index (χ1v) is 9.55. The molecule has 0 aliphatic carbocycles. The van der Waals surface area contributed by atoms with Crippen molar-refractivity contribution in [1.29, 1.82) is 0 Å². The van der Waals surface area contributed by atoms with E-state index in [1.807, 2.05) is 72.8 Å². The van der Waals surface area contributed by atoms with Gasteiger partial charge in [0, 0.05) is 0 Å². The number of benzene rings is 3. The van der Waals surface area contributed by atoms with E-state index >= 15 is 0 Å². The number of amides is 1. The van der Waals surface area contributed by atoms with E-state index in [0.29, 0.717) is 16.9 Å². The third kappa shape index (κ3) is 3.33. The summed E-state index contributed by atoms with van der Waals surface area (Å²) in [4.78, 5) is 21.2. The monoisotopic (exact) mass is 394 g/mol. The first-order valence-electron chi connectivity index (χ1n) is 9.55. The molecule has 146 valence electrons. The van der Waals surface area contributed by atoms with E-state index in [1.165, 1.54) is 6.33 Å². The zero-order valence-corrected chi connectivity index (χ0v) is 16.0. The van der Waals surface area contributed by atoms with E-state index < -0.39 is 0 Å². The van der Waals surface area contributed by atoms with Gasteiger partial charge in [-0.25, -0.2) is 14.6 Å². The average Bonchev–Trinajstić information content (AvgIpc) is 3.23. The zero-order chi connectivity index (χ0) is 20.3. The molecule has 0 saturated carbocycles. The summed E-state index contributed by atoms with van der Waals surface area (Å²) in [6.45, 7) is 0. The highest BCUT2D eigenvalue weighted by Crippen LogP contribution is 2.21. The average molecular weight is 394 g/mol. The lowest BCUT2D eigenvalue weighted by Gasteiger charge is -2.10. The van der Waals surface area contributed by atoms with Crippen molar-refractivity contribution in [2.24, 2.45) is 0 Å². The van der Waals surface area contributed by atoms with Gasteiger partial charge in [0.25, 0.3) is 0 Å². The van der Waals surface area contributed by atoms with Gasteiger partial charge in [-0.1, -0.05) is 60.7 Å². The molecule has 2 N–H and O–H groups in total. The third-order valence-corrected chi connectivity index (χ3v) is 4.92. The van der Waals surface area contributed by atoms with Gasteiger partial charge >= 0.3 is 0 Å². The van der Waals surface area contributed by atoms with Crippen molar-refractivity contribution in [3.63, 3.8) is 0 Å². The zero-order valence-electron chi connectivity index (χ0n) is 16.0. The highest BCUT2D eigenvalue weighted by Gasteiger charge is 2.12. The summed E-state index contributed by atoms with van der Waals surface area (Å²) in [5.41, 5.74) is 8.18. The van der Waals surface area contributed by atoms with Gasteiger partial charge in [0.15, 0.2) is 11.5 Å². The summed E-state index contributed by atoms with van der Waals surface area (Å²) in [6.07, 6.45) is 3.38. The lowest BCUT2D eigenvalue weighted by atomic mass is 10.0. The number of aromatic nitrogens is 4. The summed E-state index contributed by atoms with van der Waals surface area (Å²) < 4.78 is 1.74. The van der Waals surface area contributed by atoms with Crippen LogP contribution in [0.15, 0.2) is 85.3 Å². The minimum Gasteiger partial charge on any atom is -0.281 e. The molecule has 0 aliphatic heterocycles. The van der Waals surface area contributed by atoms with Gasteiger partial charge in [0.05, 0.1) is 23.7 Å². The van der Waals surface area contributed by atoms with Crippen LogP contribution in [0.5, 0.6) is 0 Å². The Morgan fingerprint density at radius 2 is 1.67 bits per heavy atom.